The summed E-state index contributed by atoms with van der Waals surface area (Å²) in [6, 6.07) is 7.26. The van der Waals surface area contributed by atoms with Crippen molar-refractivity contribution in [3.63, 3.8) is 0 Å². The first-order valence-electron chi connectivity index (χ1n) is 8.99. The molecule has 7 nitrogen and oxygen atoms in total. The fourth-order valence-corrected chi connectivity index (χ4v) is 3.18. The Morgan fingerprint density at radius 1 is 1.27 bits per heavy atom. The van der Waals surface area contributed by atoms with Crippen molar-refractivity contribution >= 4 is 12.0 Å². The van der Waals surface area contributed by atoms with Crippen LogP contribution in [0, 0.1) is 0 Å². The van der Waals surface area contributed by atoms with E-state index in [1.54, 1.807) is 11.0 Å². The number of rotatable bonds is 3. The molecule has 1 aromatic rings. The SMILES string of the molecule is CC(C)(C)OC(=O)NC[C@@H]1CCCN1C(=O)[C@@H]1COc2ccccc2O1. The van der Waals surface area contributed by atoms with E-state index in [9.17, 15) is 9.59 Å². The minimum absolute atomic E-state index is 0.0595. The summed E-state index contributed by atoms with van der Waals surface area (Å²) < 4.78 is 16.7. The molecule has 1 aromatic carbocycles. The van der Waals surface area contributed by atoms with Crippen LogP contribution in [0.25, 0.3) is 0 Å². The third-order valence-corrected chi connectivity index (χ3v) is 4.33. The third kappa shape index (κ3) is 4.39. The minimum atomic E-state index is -0.660. The van der Waals surface area contributed by atoms with Crippen LogP contribution in [0.15, 0.2) is 24.3 Å². The van der Waals surface area contributed by atoms with Crippen LogP contribution in [-0.2, 0) is 9.53 Å². The predicted octanol–water partition coefficient (Wildman–Crippen LogP) is 2.34. The lowest BCUT2D eigenvalue weighted by Crippen LogP contribution is -2.51. The highest BCUT2D eigenvalue weighted by Gasteiger charge is 2.36. The number of nitrogens with zero attached hydrogens (tertiary/aromatic N) is 1. The summed E-state index contributed by atoms with van der Waals surface area (Å²) in [5.74, 6) is 1.13. The smallest absolute Gasteiger partial charge is 0.407 e. The highest BCUT2D eigenvalue weighted by atomic mass is 16.6. The van der Waals surface area contributed by atoms with Gasteiger partial charge in [-0.05, 0) is 45.7 Å². The lowest BCUT2D eigenvalue weighted by atomic mass is 10.2. The van der Waals surface area contributed by atoms with Crippen LogP contribution in [0.4, 0.5) is 4.79 Å². The monoisotopic (exact) mass is 362 g/mol. The Bertz CT molecular complexity index is 670. The largest absolute Gasteiger partial charge is 0.485 e. The lowest BCUT2D eigenvalue weighted by Gasteiger charge is -2.32. The molecule has 2 heterocycles. The van der Waals surface area contributed by atoms with Crippen molar-refractivity contribution in [1.82, 2.24) is 10.2 Å². The summed E-state index contributed by atoms with van der Waals surface area (Å²) in [6.45, 7) is 6.66. The second kappa shape index (κ2) is 7.43. The molecule has 1 N–H and O–H groups in total. The number of carbonyl (C=O) groups is 2. The van der Waals surface area contributed by atoms with Gasteiger partial charge in [0.1, 0.15) is 12.2 Å². The first-order chi connectivity index (χ1) is 12.3. The topological polar surface area (TPSA) is 77.1 Å². The van der Waals surface area contributed by atoms with Crippen molar-refractivity contribution in [3.8, 4) is 11.5 Å². The number of hydrogen-bond donors (Lipinski definition) is 1. The molecule has 0 unspecified atom stereocenters. The van der Waals surface area contributed by atoms with Gasteiger partial charge in [0, 0.05) is 19.1 Å². The van der Waals surface area contributed by atoms with Gasteiger partial charge in [0.15, 0.2) is 11.5 Å². The van der Waals surface area contributed by atoms with Gasteiger partial charge in [0.2, 0.25) is 6.10 Å². The molecule has 1 saturated heterocycles. The van der Waals surface area contributed by atoms with Gasteiger partial charge in [-0.2, -0.15) is 0 Å². The maximum Gasteiger partial charge on any atom is 0.407 e. The Morgan fingerprint density at radius 3 is 2.73 bits per heavy atom. The van der Waals surface area contributed by atoms with Gasteiger partial charge in [-0.15, -0.1) is 0 Å². The number of likely N-dealkylation sites (tertiary alicyclic amines) is 1. The average Bonchev–Trinajstić information content (AvgIpc) is 3.06. The minimum Gasteiger partial charge on any atom is -0.485 e. The highest BCUT2D eigenvalue weighted by Crippen LogP contribution is 2.32. The molecule has 0 bridgehead atoms. The maximum atomic E-state index is 12.9. The average molecular weight is 362 g/mol. The molecule has 2 aliphatic heterocycles. The molecule has 0 radical (unpaired) electrons. The molecule has 0 spiro atoms. The summed E-state index contributed by atoms with van der Waals surface area (Å²) in [7, 11) is 0. The van der Waals surface area contributed by atoms with Gasteiger partial charge in [-0.25, -0.2) is 4.79 Å². The first kappa shape index (κ1) is 18.4. The van der Waals surface area contributed by atoms with Crippen LogP contribution >= 0.6 is 0 Å². The molecule has 0 saturated carbocycles. The number of hydrogen-bond acceptors (Lipinski definition) is 5. The zero-order valence-electron chi connectivity index (χ0n) is 15.5. The standard InChI is InChI=1S/C19H26N2O5/c1-19(2,3)26-18(23)20-11-13-7-6-10-21(13)17(22)16-12-24-14-8-4-5-9-15(14)25-16/h4-5,8-9,13,16H,6-7,10-12H2,1-3H3,(H,20,23)/t13-,16-/m0/s1. The Hall–Kier alpha value is -2.44. The molecule has 7 heteroatoms. The quantitative estimate of drug-likeness (QED) is 0.893. The van der Waals surface area contributed by atoms with E-state index in [0.29, 0.717) is 24.6 Å². The van der Waals surface area contributed by atoms with Crippen LogP contribution in [0.1, 0.15) is 33.6 Å². The number of ether oxygens (including phenoxy) is 3. The fourth-order valence-electron chi connectivity index (χ4n) is 3.18. The van der Waals surface area contributed by atoms with Crippen LogP contribution in [0.5, 0.6) is 11.5 Å². The van der Waals surface area contributed by atoms with E-state index >= 15 is 0 Å². The normalized spacial score (nSPS) is 22.0. The Balaban J connectivity index is 1.56. The predicted molar refractivity (Wildman–Crippen MR) is 95.3 cm³/mol. The maximum absolute atomic E-state index is 12.9. The Morgan fingerprint density at radius 2 is 2.00 bits per heavy atom. The molecule has 2 atom stereocenters. The second-order valence-corrected chi connectivity index (χ2v) is 7.57. The van der Waals surface area contributed by atoms with Gasteiger partial charge in [-0.1, -0.05) is 12.1 Å². The summed E-state index contributed by atoms with van der Waals surface area (Å²) >= 11 is 0. The van der Waals surface area contributed by atoms with Gasteiger partial charge in [0.25, 0.3) is 5.91 Å². The van der Waals surface area contributed by atoms with Crippen molar-refractivity contribution in [3.05, 3.63) is 24.3 Å². The molecule has 3 rings (SSSR count). The number of fused-ring (bicyclic) bond motifs is 1. The lowest BCUT2D eigenvalue weighted by molar-refractivity contribution is -0.142. The van der Waals surface area contributed by atoms with Crippen molar-refractivity contribution in [2.24, 2.45) is 0 Å². The third-order valence-electron chi connectivity index (χ3n) is 4.33. The summed E-state index contributed by atoms with van der Waals surface area (Å²) in [4.78, 5) is 26.5. The van der Waals surface area contributed by atoms with Gasteiger partial charge in [0.05, 0.1) is 0 Å². The van der Waals surface area contributed by atoms with Crippen molar-refractivity contribution in [1.29, 1.82) is 0 Å². The van der Waals surface area contributed by atoms with E-state index in [-0.39, 0.29) is 18.6 Å². The zero-order valence-corrected chi connectivity index (χ0v) is 15.5. The fraction of sp³-hybridized carbons (Fsp3) is 0.579. The van der Waals surface area contributed by atoms with Gasteiger partial charge in [-0.3, -0.25) is 4.79 Å². The van der Waals surface area contributed by atoms with E-state index < -0.39 is 17.8 Å². The summed E-state index contributed by atoms with van der Waals surface area (Å²) in [5, 5.41) is 2.76. The zero-order chi connectivity index (χ0) is 18.7. The first-order valence-corrected chi connectivity index (χ1v) is 8.99. The van der Waals surface area contributed by atoms with E-state index in [4.69, 9.17) is 14.2 Å². The van der Waals surface area contributed by atoms with Crippen molar-refractivity contribution < 1.29 is 23.8 Å². The van der Waals surface area contributed by atoms with Crippen LogP contribution in [0.3, 0.4) is 0 Å². The van der Waals surface area contributed by atoms with Gasteiger partial charge >= 0.3 is 6.09 Å². The number of benzene rings is 1. The molecule has 0 aliphatic carbocycles. The van der Waals surface area contributed by atoms with E-state index in [2.05, 4.69) is 5.32 Å². The number of nitrogens with one attached hydrogen (secondary N) is 1. The van der Waals surface area contributed by atoms with Crippen molar-refractivity contribution in [2.45, 2.75) is 51.4 Å². The van der Waals surface area contributed by atoms with Crippen molar-refractivity contribution in [2.75, 3.05) is 19.7 Å². The van der Waals surface area contributed by atoms with Crippen LogP contribution < -0.4 is 14.8 Å². The van der Waals surface area contributed by atoms with E-state index in [0.717, 1.165) is 12.8 Å². The second-order valence-electron chi connectivity index (χ2n) is 7.57. The Kier molecular flexibility index (Phi) is 5.25. The summed E-state index contributed by atoms with van der Waals surface area (Å²) in [6.07, 6.45) is 0.609. The number of alkyl carbamates (subject to hydrolysis) is 1. The number of para-hydroxylation sites is 2. The van der Waals surface area contributed by atoms with Crippen LogP contribution in [-0.4, -0.2) is 54.3 Å². The van der Waals surface area contributed by atoms with E-state index in [1.807, 2.05) is 39.0 Å². The number of carbonyl (C=O) groups excluding carboxylic acids is 2. The molecule has 26 heavy (non-hydrogen) atoms. The molecule has 0 aromatic heterocycles. The molecular formula is C19H26N2O5. The van der Waals surface area contributed by atoms with Crippen LogP contribution in [0.2, 0.25) is 0 Å². The molecule has 142 valence electrons. The van der Waals surface area contributed by atoms with Gasteiger partial charge < -0.3 is 24.4 Å². The Labute approximate surface area is 153 Å². The molecule has 2 aliphatic rings. The molecular weight excluding hydrogens is 336 g/mol. The number of amides is 2. The highest BCUT2D eigenvalue weighted by molar-refractivity contribution is 5.82. The molecule has 2 amide bonds. The molecule has 1 fully saturated rings. The summed E-state index contributed by atoms with van der Waals surface area (Å²) in [5.41, 5.74) is -0.546. The van der Waals surface area contributed by atoms with E-state index in [1.165, 1.54) is 0 Å².